The number of carboxylic acids is 1. The van der Waals surface area contributed by atoms with Gasteiger partial charge in [-0.25, -0.2) is 4.79 Å². The minimum absolute atomic E-state index is 0.263. The molecule has 1 heterocycles. The van der Waals surface area contributed by atoms with Crippen LogP contribution in [-0.4, -0.2) is 17.7 Å². The Morgan fingerprint density at radius 1 is 1.62 bits per heavy atom. The van der Waals surface area contributed by atoms with Gasteiger partial charge in [-0.05, 0) is 17.7 Å². The van der Waals surface area contributed by atoms with Gasteiger partial charge in [0.05, 0.1) is 6.61 Å². The molecule has 0 spiro atoms. The quantitative estimate of drug-likeness (QED) is 0.805. The molecule has 1 aliphatic heterocycles. The maximum Gasteiger partial charge on any atom is 0.343 e. The van der Waals surface area contributed by atoms with E-state index in [-0.39, 0.29) is 6.61 Å². The van der Waals surface area contributed by atoms with Crippen LogP contribution in [0.25, 0.3) is 0 Å². The van der Waals surface area contributed by atoms with Crippen molar-refractivity contribution in [2.24, 2.45) is 0 Å². The molecule has 13 heavy (non-hydrogen) atoms. The lowest BCUT2D eigenvalue weighted by atomic mass is 10.0. The predicted molar refractivity (Wildman–Crippen MR) is 49.4 cm³/mol. The van der Waals surface area contributed by atoms with E-state index in [9.17, 15) is 4.79 Å². The van der Waals surface area contributed by atoms with Crippen LogP contribution in [0.4, 0.5) is 0 Å². The number of epoxide rings is 1. The molecular formula is C9H7BrO3. The minimum Gasteiger partial charge on any atom is -0.479 e. The lowest BCUT2D eigenvalue weighted by Gasteiger charge is -2.06. The number of carbonyl (C=O) groups is 1. The molecule has 1 aromatic carbocycles. The average molecular weight is 243 g/mol. The molecule has 1 N–H and O–H groups in total. The van der Waals surface area contributed by atoms with Crippen LogP contribution in [0.5, 0.6) is 0 Å². The summed E-state index contributed by atoms with van der Waals surface area (Å²) in [5.74, 6) is -0.925. The number of carboxylic acid groups (broad SMARTS) is 1. The van der Waals surface area contributed by atoms with Crippen molar-refractivity contribution in [2.45, 2.75) is 5.60 Å². The Kier molecular flexibility index (Phi) is 1.89. The van der Waals surface area contributed by atoms with Gasteiger partial charge in [-0.2, -0.15) is 0 Å². The third-order valence-electron chi connectivity index (χ3n) is 2.07. The molecule has 0 aromatic heterocycles. The van der Waals surface area contributed by atoms with Crippen molar-refractivity contribution in [2.75, 3.05) is 6.61 Å². The number of halogens is 1. The second-order valence-electron chi connectivity index (χ2n) is 2.93. The number of hydrogen-bond acceptors (Lipinski definition) is 2. The van der Waals surface area contributed by atoms with Gasteiger partial charge in [0.25, 0.3) is 0 Å². The van der Waals surface area contributed by atoms with Gasteiger partial charge in [0.1, 0.15) is 0 Å². The van der Waals surface area contributed by atoms with Crippen molar-refractivity contribution in [1.82, 2.24) is 0 Å². The fourth-order valence-electron chi connectivity index (χ4n) is 1.23. The van der Waals surface area contributed by atoms with Crippen molar-refractivity contribution >= 4 is 21.9 Å². The highest BCUT2D eigenvalue weighted by molar-refractivity contribution is 9.10. The summed E-state index contributed by atoms with van der Waals surface area (Å²) in [5.41, 5.74) is -0.390. The molecule has 1 aliphatic rings. The van der Waals surface area contributed by atoms with Gasteiger partial charge < -0.3 is 9.84 Å². The molecule has 2 rings (SSSR count). The highest BCUT2D eigenvalue weighted by Crippen LogP contribution is 2.39. The summed E-state index contributed by atoms with van der Waals surface area (Å²) in [7, 11) is 0. The Morgan fingerprint density at radius 2 is 2.31 bits per heavy atom. The Balaban J connectivity index is 2.41. The lowest BCUT2D eigenvalue weighted by molar-refractivity contribution is -0.143. The number of aliphatic carboxylic acids is 1. The molecule has 1 unspecified atom stereocenters. The summed E-state index contributed by atoms with van der Waals surface area (Å²) >= 11 is 3.28. The summed E-state index contributed by atoms with van der Waals surface area (Å²) in [5, 5.41) is 8.91. The summed E-state index contributed by atoms with van der Waals surface area (Å²) in [6.07, 6.45) is 0. The number of ether oxygens (including phenoxy) is 1. The van der Waals surface area contributed by atoms with Crippen LogP contribution < -0.4 is 0 Å². The summed E-state index contributed by atoms with van der Waals surface area (Å²) in [6.45, 7) is 0.263. The van der Waals surface area contributed by atoms with Crippen LogP contribution in [0.15, 0.2) is 28.7 Å². The molecule has 1 aromatic rings. The van der Waals surface area contributed by atoms with E-state index in [2.05, 4.69) is 15.9 Å². The molecule has 1 atom stereocenters. The summed E-state index contributed by atoms with van der Waals surface area (Å²) < 4.78 is 5.84. The van der Waals surface area contributed by atoms with E-state index in [4.69, 9.17) is 9.84 Å². The summed E-state index contributed by atoms with van der Waals surface area (Å²) in [6, 6.07) is 7.17. The fraction of sp³-hybridized carbons (Fsp3) is 0.222. The maximum atomic E-state index is 10.9. The topological polar surface area (TPSA) is 49.8 Å². The van der Waals surface area contributed by atoms with E-state index in [1.54, 1.807) is 18.2 Å². The molecule has 68 valence electrons. The Bertz CT molecular complexity index is 358. The third-order valence-corrected chi connectivity index (χ3v) is 2.56. The predicted octanol–water partition coefficient (Wildman–Crippen LogP) is 1.76. The monoisotopic (exact) mass is 242 g/mol. The second-order valence-corrected chi connectivity index (χ2v) is 3.85. The van der Waals surface area contributed by atoms with Gasteiger partial charge >= 0.3 is 5.97 Å². The van der Waals surface area contributed by atoms with Crippen molar-refractivity contribution in [3.8, 4) is 0 Å². The van der Waals surface area contributed by atoms with Crippen molar-refractivity contribution < 1.29 is 14.6 Å². The van der Waals surface area contributed by atoms with Gasteiger partial charge in [0.2, 0.25) is 5.60 Å². The van der Waals surface area contributed by atoms with E-state index in [1.807, 2.05) is 6.07 Å². The van der Waals surface area contributed by atoms with Crippen LogP contribution in [0.3, 0.4) is 0 Å². The van der Waals surface area contributed by atoms with Crippen molar-refractivity contribution in [3.05, 3.63) is 34.3 Å². The first-order valence-electron chi connectivity index (χ1n) is 3.78. The molecule has 0 saturated carbocycles. The molecule has 0 amide bonds. The van der Waals surface area contributed by atoms with E-state index in [0.29, 0.717) is 5.56 Å². The minimum atomic E-state index is -1.08. The molecule has 0 aliphatic carbocycles. The molecule has 1 fully saturated rings. The van der Waals surface area contributed by atoms with Crippen molar-refractivity contribution in [1.29, 1.82) is 0 Å². The zero-order chi connectivity index (χ0) is 9.47. The Morgan fingerprint density at radius 3 is 2.77 bits per heavy atom. The van der Waals surface area contributed by atoms with Crippen LogP contribution in [-0.2, 0) is 15.1 Å². The summed E-state index contributed by atoms with van der Waals surface area (Å²) in [4.78, 5) is 10.9. The van der Waals surface area contributed by atoms with E-state index in [1.165, 1.54) is 0 Å². The van der Waals surface area contributed by atoms with E-state index in [0.717, 1.165) is 4.47 Å². The van der Waals surface area contributed by atoms with E-state index < -0.39 is 11.6 Å². The molecule has 1 saturated heterocycles. The molecular weight excluding hydrogens is 236 g/mol. The van der Waals surface area contributed by atoms with Gasteiger partial charge in [-0.1, -0.05) is 28.1 Å². The standard InChI is InChI=1S/C9H7BrO3/c10-7-3-1-2-6(4-7)9(5-13-9)8(11)12/h1-4H,5H2,(H,11,12). The van der Waals surface area contributed by atoms with Crippen LogP contribution in [0.1, 0.15) is 5.56 Å². The molecule has 0 radical (unpaired) electrons. The largest absolute Gasteiger partial charge is 0.479 e. The average Bonchev–Trinajstić information content (AvgIpc) is 2.83. The molecule has 4 heteroatoms. The van der Waals surface area contributed by atoms with Crippen molar-refractivity contribution in [3.63, 3.8) is 0 Å². The van der Waals surface area contributed by atoms with Gasteiger partial charge in [-0.15, -0.1) is 0 Å². The smallest absolute Gasteiger partial charge is 0.343 e. The highest BCUT2D eigenvalue weighted by Gasteiger charge is 2.54. The number of hydrogen-bond donors (Lipinski definition) is 1. The normalized spacial score (nSPS) is 25.6. The van der Waals surface area contributed by atoms with Crippen LogP contribution in [0.2, 0.25) is 0 Å². The highest BCUT2D eigenvalue weighted by atomic mass is 79.9. The van der Waals surface area contributed by atoms with Crippen LogP contribution >= 0.6 is 15.9 Å². The Labute approximate surface area is 83.5 Å². The number of rotatable bonds is 2. The lowest BCUT2D eigenvalue weighted by Crippen LogP contribution is -2.21. The first-order valence-corrected chi connectivity index (χ1v) is 4.58. The van der Waals surface area contributed by atoms with Gasteiger partial charge in [-0.3, -0.25) is 0 Å². The van der Waals surface area contributed by atoms with Crippen LogP contribution in [0, 0.1) is 0 Å². The maximum absolute atomic E-state index is 10.9. The molecule has 3 nitrogen and oxygen atoms in total. The van der Waals surface area contributed by atoms with E-state index >= 15 is 0 Å². The van der Waals surface area contributed by atoms with Gasteiger partial charge in [0, 0.05) is 4.47 Å². The third kappa shape index (κ3) is 1.36. The zero-order valence-corrected chi connectivity index (χ0v) is 8.24. The number of benzene rings is 1. The first kappa shape index (κ1) is 8.72. The van der Waals surface area contributed by atoms with Gasteiger partial charge in [0.15, 0.2) is 0 Å². The first-order chi connectivity index (χ1) is 6.15. The molecule has 0 bridgehead atoms. The fourth-order valence-corrected chi connectivity index (χ4v) is 1.62. The zero-order valence-electron chi connectivity index (χ0n) is 6.66. The SMILES string of the molecule is O=C(O)C1(c2cccc(Br)c2)CO1. The Hall–Kier alpha value is -0.870. The second kappa shape index (κ2) is 2.82.